The molecule has 122 valence electrons. The molecule has 0 aliphatic heterocycles. The Morgan fingerprint density at radius 3 is 1.81 bits per heavy atom. The van der Waals surface area contributed by atoms with Crippen molar-refractivity contribution in [3.05, 3.63) is 0 Å². The van der Waals surface area contributed by atoms with Gasteiger partial charge in [-0.2, -0.15) is 0 Å². The van der Waals surface area contributed by atoms with Gasteiger partial charge in [0.1, 0.15) is 5.60 Å². The molecule has 0 bridgehead atoms. The molecule has 1 atom stereocenters. The number of ether oxygens (including phenoxy) is 1. The Labute approximate surface area is 131 Å². The fraction of sp³-hybridized carbons (Fsp3) is 0.947. The van der Waals surface area contributed by atoms with Gasteiger partial charge in [0.2, 0.25) is 0 Å². The summed E-state index contributed by atoms with van der Waals surface area (Å²) in [6, 6.07) is 0. The third-order valence-electron chi connectivity index (χ3n) is 6.42. The van der Waals surface area contributed by atoms with Crippen molar-refractivity contribution < 1.29 is 9.53 Å². The molecule has 2 nitrogen and oxygen atoms in total. The summed E-state index contributed by atoms with van der Waals surface area (Å²) in [5.74, 6) is -0.0875. The van der Waals surface area contributed by atoms with Crippen LogP contribution in [-0.4, -0.2) is 11.6 Å². The first kappa shape index (κ1) is 16.8. The van der Waals surface area contributed by atoms with Crippen molar-refractivity contribution in [2.45, 2.75) is 104 Å². The second kappa shape index (κ2) is 6.30. The second-order valence-electron chi connectivity index (χ2n) is 8.34. The van der Waals surface area contributed by atoms with Gasteiger partial charge in [-0.05, 0) is 32.1 Å². The smallest absolute Gasteiger partial charge is 0.303 e. The van der Waals surface area contributed by atoms with Crippen molar-refractivity contribution in [1.29, 1.82) is 0 Å². The number of esters is 1. The van der Waals surface area contributed by atoms with E-state index in [0.29, 0.717) is 0 Å². The Balaban J connectivity index is 2.45. The van der Waals surface area contributed by atoms with Crippen LogP contribution in [0.25, 0.3) is 0 Å². The molecule has 2 heteroatoms. The standard InChI is InChI=1S/C19H34O2/c1-16(20)21-19(15-11-7-8-12-17(19,2)3)18(4)13-9-5-6-10-14-18/h5-15H2,1-4H3. The van der Waals surface area contributed by atoms with E-state index in [2.05, 4.69) is 20.8 Å². The maximum atomic E-state index is 12.0. The van der Waals surface area contributed by atoms with Crippen LogP contribution in [0.15, 0.2) is 0 Å². The highest BCUT2D eigenvalue weighted by Crippen LogP contribution is 2.58. The van der Waals surface area contributed by atoms with E-state index < -0.39 is 0 Å². The SMILES string of the molecule is CC(=O)OC1(C2(C)CCCCCC2)CCCCCC1(C)C. The van der Waals surface area contributed by atoms with Gasteiger partial charge in [-0.15, -0.1) is 0 Å². The van der Waals surface area contributed by atoms with Gasteiger partial charge in [0, 0.05) is 17.8 Å². The Morgan fingerprint density at radius 1 is 0.762 bits per heavy atom. The van der Waals surface area contributed by atoms with E-state index >= 15 is 0 Å². The van der Waals surface area contributed by atoms with Gasteiger partial charge >= 0.3 is 5.97 Å². The van der Waals surface area contributed by atoms with Crippen LogP contribution in [0.3, 0.4) is 0 Å². The topological polar surface area (TPSA) is 26.3 Å². The van der Waals surface area contributed by atoms with E-state index in [1.54, 1.807) is 6.92 Å². The fourth-order valence-electron chi connectivity index (χ4n) is 5.25. The summed E-state index contributed by atoms with van der Waals surface area (Å²) in [6.07, 6.45) is 13.7. The fourth-order valence-corrected chi connectivity index (χ4v) is 5.25. The van der Waals surface area contributed by atoms with Crippen LogP contribution >= 0.6 is 0 Å². The maximum Gasteiger partial charge on any atom is 0.303 e. The summed E-state index contributed by atoms with van der Waals surface area (Å²) in [6.45, 7) is 8.70. The molecule has 0 aromatic heterocycles. The summed E-state index contributed by atoms with van der Waals surface area (Å²) in [5, 5.41) is 0. The van der Waals surface area contributed by atoms with E-state index in [1.807, 2.05) is 0 Å². The second-order valence-corrected chi connectivity index (χ2v) is 8.34. The zero-order valence-electron chi connectivity index (χ0n) is 14.6. The van der Waals surface area contributed by atoms with Crippen LogP contribution in [0.1, 0.15) is 98.3 Å². The van der Waals surface area contributed by atoms with Crippen LogP contribution in [0.5, 0.6) is 0 Å². The summed E-state index contributed by atoms with van der Waals surface area (Å²) in [7, 11) is 0. The van der Waals surface area contributed by atoms with Crippen LogP contribution in [0.4, 0.5) is 0 Å². The first-order valence-corrected chi connectivity index (χ1v) is 9.03. The van der Waals surface area contributed by atoms with Crippen LogP contribution in [0, 0.1) is 10.8 Å². The zero-order valence-corrected chi connectivity index (χ0v) is 14.6. The third kappa shape index (κ3) is 3.14. The normalized spacial score (nSPS) is 32.8. The first-order valence-electron chi connectivity index (χ1n) is 9.03. The lowest BCUT2D eigenvalue weighted by Crippen LogP contribution is -2.58. The third-order valence-corrected chi connectivity index (χ3v) is 6.42. The minimum Gasteiger partial charge on any atom is -0.458 e. The van der Waals surface area contributed by atoms with Crippen molar-refractivity contribution in [1.82, 2.24) is 0 Å². The predicted octanol–water partition coefficient (Wildman–Crippen LogP) is 5.64. The van der Waals surface area contributed by atoms with E-state index in [1.165, 1.54) is 64.2 Å². The van der Waals surface area contributed by atoms with Gasteiger partial charge < -0.3 is 4.74 Å². The number of carbonyl (C=O) groups is 1. The molecule has 2 rings (SSSR count). The summed E-state index contributed by atoms with van der Waals surface area (Å²) in [5.41, 5.74) is -0.0516. The molecule has 0 aromatic carbocycles. The van der Waals surface area contributed by atoms with Crippen molar-refractivity contribution >= 4 is 5.97 Å². The predicted molar refractivity (Wildman–Crippen MR) is 87.2 cm³/mol. The molecule has 0 spiro atoms. The highest BCUT2D eigenvalue weighted by molar-refractivity contribution is 5.66. The summed E-state index contributed by atoms with van der Waals surface area (Å²) < 4.78 is 6.23. The average Bonchev–Trinajstić information content (AvgIpc) is 2.69. The molecule has 0 saturated heterocycles. The molecule has 0 aromatic rings. The van der Waals surface area contributed by atoms with E-state index in [-0.39, 0.29) is 22.4 Å². The number of hydrogen-bond acceptors (Lipinski definition) is 2. The van der Waals surface area contributed by atoms with Crippen molar-refractivity contribution in [2.75, 3.05) is 0 Å². The lowest BCUT2D eigenvalue weighted by Gasteiger charge is -2.56. The summed E-state index contributed by atoms with van der Waals surface area (Å²) >= 11 is 0. The molecule has 2 fully saturated rings. The number of carbonyl (C=O) groups excluding carboxylic acids is 1. The molecule has 0 radical (unpaired) electrons. The molecule has 2 aliphatic rings. The molecule has 1 unspecified atom stereocenters. The Kier molecular flexibility index (Phi) is 5.05. The molecule has 0 N–H and O–H groups in total. The Bertz CT molecular complexity index is 364. The summed E-state index contributed by atoms with van der Waals surface area (Å²) in [4.78, 5) is 12.0. The van der Waals surface area contributed by atoms with Crippen molar-refractivity contribution in [2.24, 2.45) is 10.8 Å². The van der Waals surface area contributed by atoms with Gasteiger partial charge in [0.25, 0.3) is 0 Å². The zero-order chi connectivity index (χ0) is 15.6. The minimum atomic E-state index is -0.271. The Hall–Kier alpha value is -0.530. The van der Waals surface area contributed by atoms with Crippen molar-refractivity contribution in [3.63, 3.8) is 0 Å². The van der Waals surface area contributed by atoms with Crippen LogP contribution in [-0.2, 0) is 9.53 Å². The minimum absolute atomic E-state index is 0.0776. The molecule has 2 aliphatic carbocycles. The highest BCUT2D eigenvalue weighted by atomic mass is 16.6. The Morgan fingerprint density at radius 2 is 1.24 bits per heavy atom. The van der Waals surface area contributed by atoms with E-state index in [9.17, 15) is 4.79 Å². The molecule has 0 amide bonds. The maximum absolute atomic E-state index is 12.0. The molecular weight excluding hydrogens is 260 g/mol. The van der Waals surface area contributed by atoms with Crippen LogP contribution < -0.4 is 0 Å². The average molecular weight is 294 g/mol. The van der Waals surface area contributed by atoms with E-state index in [4.69, 9.17) is 4.74 Å². The molecular formula is C19H34O2. The van der Waals surface area contributed by atoms with Gasteiger partial charge in [-0.3, -0.25) is 4.79 Å². The van der Waals surface area contributed by atoms with E-state index in [0.717, 1.165) is 6.42 Å². The highest BCUT2D eigenvalue weighted by Gasteiger charge is 2.59. The van der Waals surface area contributed by atoms with Crippen molar-refractivity contribution in [3.8, 4) is 0 Å². The van der Waals surface area contributed by atoms with Gasteiger partial charge in [-0.25, -0.2) is 0 Å². The lowest BCUT2D eigenvalue weighted by atomic mass is 9.55. The van der Waals surface area contributed by atoms with Gasteiger partial charge in [-0.1, -0.05) is 59.3 Å². The molecule has 0 heterocycles. The van der Waals surface area contributed by atoms with Gasteiger partial charge in [0.15, 0.2) is 0 Å². The molecule has 21 heavy (non-hydrogen) atoms. The first-order chi connectivity index (χ1) is 9.83. The molecule has 2 saturated carbocycles. The quantitative estimate of drug-likeness (QED) is 0.486. The van der Waals surface area contributed by atoms with Gasteiger partial charge in [0.05, 0.1) is 0 Å². The monoisotopic (exact) mass is 294 g/mol. The number of hydrogen-bond donors (Lipinski definition) is 0. The largest absolute Gasteiger partial charge is 0.458 e. The van der Waals surface area contributed by atoms with Crippen LogP contribution in [0.2, 0.25) is 0 Å². The number of rotatable bonds is 2. The lowest BCUT2D eigenvalue weighted by molar-refractivity contribution is -0.209.